The van der Waals surface area contributed by atoms with Crippen molar-refractivity contribution in [3.05, 3.63) is 24.0 Å². The van der Waals surface area contributed by atoms with Crippen molar-refractivity contribution < 1.29 is 9.18 Å². The molecule has 0 unspecified atom stereocenters. The molecule has 0 spiro atoms. The number of hydrogen-bond donors (Lipinski definition) is 4. The highest BCUT2D eigenvalue weighted by atomic mass is 19.1. The maximum Gasteiger partial charge on any atom is 0.254 e. The summed E-state index contributed by atoms with van der Waals surface area (Å²) in [7, 11) is 1.57. The van der Waals surface area contributed by atoms with Gasteiger partial charge in [-0.2, -0.15) is 0 Å². The molecule has 6 nitrogen and oxygen atoms in total. The number of fused-ring (bicyclic) bond motifs is 1. The number of nitrogens with one attached hydrogen (secondary N) is 4. The molecule has 2 aromatic heterocycles. The van der Waals surface area contributed by atoms with Crippen LogP contribution >= 0.6 is 0 Å². The quantitative estimate of drug-likeness (QED) is 0.681. The molecule has 1 saturated heterocycles. The Morgan fingerprint density at radius 1 is 1.52 bits per heavy atom. The van der Waals surface area contributed by atoms with E-state index < -0.39 is 6.17 Å². The van der Waals surface area contributed by atoms with Crippen molar-refractivity contribution in [1.29, 1.82) is 0 Å². The molecule has 3 heterocycles. The Morgan fingerprint density at radius 3 is 3.14 bits per heavy atom. The minimum atomic E-state index is -0.988. The van der Waals surface area contributed by atoms with Crippen LogP contribution in [-0.4, -0.2) is 48.2 Å². The lowest BCUT2D eigenvalue weighted by Gasteiger charge is -2.29. The Morgan fingerprint density at radius 2 is 2.38 bits per heavy atom. The van der Waals surface area contributed by atoms with Crippen molar-refractivity contribution in [2.24, 2.45) is 0 Å². The summed E-state index contributed by atoms with van der Waals surface area (Å²) in [4.78, 5) is 19.2. The standard InChI is InChI=1S/C14H18FN5O/c1-16-14(21)9-6-19-13-8(2-5-18-13)12(9)20-11-3-4-17-7-10(11)15/h2,5-6,10-11,17H,3-4,7H2,1H3,(H,16,21)(H2,18,19,20)/t10-,11-/m1/s1. The van der Waals surface area contributed by atoms with Crippen LogP contribution in [0.25, 0.3) is 11.0 Å². The van der Waals surface area contributed by atoms with Crippen LogP contribution < -0.4 is 16.0 Å². The highest BCUT2D eigenvalue weighted by molar-refractivity contribution is 6.06. The number of alkyl halides is 1. The van der Waals surface area contributed by atoms with Gasteiger partial charge in [0.1, 0.15) is 11.8 Å². The van der Waals surface area contributed by atoms with Crippen LogP contribution in [0.1, 0.15) is 16.8 Å². The Balaban J connectivity index is 2.01. The van der Waals surface area contributed by atoms with Gasteiger partial charge in [-0.1, -0.05) is 0 Å². The fraction of sp³-hybridized carbons (Fsp3) is 0.429. The summed E-state index contributed by atoms with van der Waals surface area (Å²) < 4.78 is 14.0. The van der Waals surface area contributed by atoms with Crippen molar-refractivity contribution in [2.45, 2.75) is 18.6 Å². The van der Waals surface area contributed by atoms with Gasteiger partial charge in [0.05, 0.1) is 17.3 Å². The number of H-pyrrole nitrogens is 1. The van der Waals surface area contributed by atoms with E-state index in [1.54, 1.807) is 13.2 Å². The SMILES string of the molecule is CNC(=O)c1cnc2[nH]ccc2c1N[C@@H]1CCNC[C@H]1F. The maximum atomic E-state index is 14.0. The predicted octanol–water partition coefficient (Wildman–Crippen LogP) is 1.03. The minimum absolute atomic E-state index is 0.238. The average molecular weight is 291 g/mol. The number of rotatable bonds is 3. The summed E-state index contributed by atoms with van der Waals surface area (Å²) in [5.41, 5.74) is 1.74. The van der Waals surface area contributed by atoms with Crippen molar-refractivity contribution >= 4 is 22.6 Å². The maximum absolute atomic E-state index is 14.0. The van der Waals surface area contributed by atoms with Crippen LogP contribution in [0.5, 0.6) is 0 Å². The molecule has 1 fully saturated rings. The number of nitrogens with zero attached hydrogens (tertiary/aromatic N) is 1. The van der Waals surface area contributed by atoms with Crippen molar-refractivity contribution in [3.8, 4) is 0 Å². The van der Waals surface area contributed by atoms with Crippen LogP contribution in [0.2, 0.25) is 0 Å². The molecule has 3 rings (SSSR count). The van der Waals surface area contributed by atoms with Gasteiger partial charge in [-0.25, -0.2) is 9.37 Å². The van der Waals surface area contributed by atoms with Crippen LogP contribution in [0, 0.1) is 0 Å². The number of hydrogen-bond acceptors (Lipinski definition) is 4. The number of halogens is 1. The van der Waals surface area contributed by atoms with E-state index in [4.69, 9.17) is 0 Å². The highest BCUT2D eigenvalue weighted by Gasteiger charge is 2.26. The molecule has 2 atom stereocenters. The first-order chi connectivity index (χ1) is 10.2. The molecule has 1 amide bonds. The topological polar surface area (TPSA) is 81.8 Å². The Labute approximate surface area is 121 Å². The fourth-order valence-corrected chi connectivity index (χ4v) is 2.64. The van der Waals surface area contributed by atoms with E-state index in [9.17, 15) is 9.18 Å². The van der Waals surface area contributed by atoms with Crippen molar-refractivity contribution in [2.75, 3.05) is 25.5 Å². The van der Waals surface area contributed by atoms with Crippen LogP contribution in [0.3, 0.4) is 0 Å². The summed E-state index contributed by atoms with van der Waals surface area (Å²) in [5.74, 6) is -0.238. The van der Waals surface area contributed by atoms with E-state index in [0.717, 1.165) is 11.9 Å². The molecule has 112 valence electrons. The number of anilines is 1. The Hall–Kier alpha value is -2.15. The second-order valence-corrected chi connectivity index (χ2v) is 5.13. The predicted molar refractivity (Wildman–Crippen MR) is 79.3 cm³/mol. The molecule has 0 radical (unpaired) electrons. The summed E-state index contributed by atoms with van der Waals surface area (Å²) >= 11 is 0. The van der Waals surface area contributed by atoms with Gasteiger partial charge >= 0.3 is 0 Å². The zero-order chi connectivity index (χ0) is 14.8. The molecule has 0 saturated carbocycles. The number of aromatic amines is 1. The summed E-state index contributed by atoms with van der Waals surface area (Å²) in [6, 6.07) is 1.53. The summed E-state index contributed by atoms with van der Waals surface area (Å²) in [6.07, 6.45) is 2.95. The highest BCUT2D eigenvalue weighted by Crippen LogP contribution is 2.27. The van der Waals surface area contributed by atoms with Crippen molar-refractivity contribution in [1.82, 2.24) is 20.6 Å². The minimum Gasteiger partial charge on any atom is -0.378 e. The molecule has 0 aromatic carbocycles. The average Bonchev–Trinajstić information content (AvgIpc) is 2.98. The molecule has 21 heavy (non-hydrogen) atoms. The third-order valence-electron chi connectivity index (χ3n) is 3.80. The molecule has 7 heteroatoms. The van der Waals surface area contributed by atoms with Crippen molar-refractivity contribution in [3.63, 3.8) is 0 Å². The first kappa shape index (κ1) is 13.8. The number of piperidine rings is 1. The van der Waals surface area contributed by atoms with Crippen LogP contribution in [-0.2, 0) is 0 Å². The second-order valence-electron chi connectivity index (χ2n) is 5.13. The van der Waals surface area contributed by atoms with Gasteiger partial charge in [0.25, 0.3) is 5.91 Å². The molecule has 1 aliphatic heterocycles. The van der Waals surface area contributed by atoms with E-state index in [1.165, 1.54) is 6.20 Å². The first-order valence-corrected chi connectivity index (χ1v) is 7.00. The van der Waals surface area contributed by atoms with E-state index in [1.807, 2.05) is 6.07 Å². The molecule has 0 aliphatic carbocycles. The van der Waals surface area contributed by atoms with Gasteiger partial charge in [0.2, 0.25) is 0 Å². The molecular formula is C14H18FN5O. The van der Waals surface area contributed by atoms with Gasteiger partial charge in [-0.15, -0.1) is 0 Å². The molecule has 1 aliphatic rings. The number of pyridine rings is 1. The smallest absolute Gasteiger partial charge is 0.254 e. The van der Waals surface area contributed by atoms with Gasteiger partial charge in [0.15, 0.2) is 0 Å². The largest absolute Gasteiger partial charge is 0.378 e. The Kier molecular flexibility index (Phi) is 3.74. The van der Waals surface area contributed by atoms with E-state index in [0.29, 0.717) is 29.9 Å². The molecular weight excluding hydrogens is 273 g/mol. The monoisotopic (exact) mass is 291 g/mol. The number of amides is 1. The summed E-state index contributed by atoms with van der Waals surface area (Å²) in [6.45, 7) is 1.09. The third-order valence-corrected chi connectivity index (χ3v) is 3.80. The lowest BCUT2D eigenvalue weighted by Crippen LogP contribution is -2.45. The lowest BCUT2D eigenvalue weighted by atomic mass is 10.0. The Bertz CT molecular complexity index is 656. The van der Waals surface area contributed by atoms with E-state index in [2.05, 4.69) is 25.9 Å². The summed E-state index contributed by atoms with van der Waals surface area (Å²) in [5, 5.41) is 9.61. The van der Waals surface area contributed by atoms with E-state index >= 15 is 0 Å². The number of carbonyl (C=O) groups is 1. The zero-order valence-electron chi connectivity index (χ0n) is 11.7. The normalized spacial score (nSPS) is 22.2. The third kappa shape index (κ3) is 2.56. The van der Waals surface area contributed by atoms with Gasteiger partial charge in [0, 0.05) is 31.4 Å². The van der Waals surface area contributed by atoms with Gasteiger partial charge in [-0.05, 0) is 19.0 Å². The number of carbonyl (C=O) groups excluding carboxylic acids is 1. The lowest BCUT2D eigenvalue weighted by molar-refractivity contribution is 0.0963. The zero-order valence-corrected chi connectivity index (χ0v) is 11.7. The second kappa shape index (κ2) is 5.69. The molecule has 4 N–H and O–H groups in total. The van der Waals surface area contributed by atoms with E-state index in [-0.39, 0.29) is 11.9 Å². The van der Waals surface area contributed by atoms with Gasteiger partial charge < -0.3 is 20.9 Å². The molecule has 0 bridgehead atoms. The fourth-order valence-electron chi connectivity index (χ4n) is 2.64. The first-order valence-electron chi connectivity index (χ1n) is 7.00. The molecule has 2 aromatic rings. The van der Waals surface area contributed by atoms with Gasteiger partial charge in [-0.3, -0.25) is 4.79 Å². The number of aromatic nitrogens is 2. The van der Waals surface area contributed by atoms with Crippen LogP contribution in [0.4, 0.5) is 10.1 Å². The van der Waals surface area contributed by atoms with Crippen LogP contribution in [0.15, 0.2) is 18.5 Å².